The van der Waals surface area contributed by atoms with Crippen LogP contribution < -0.4 is 9.64 Å². The molecule has 3 aromatic rings. The molecule has 156 valence electrons. The van der Waals surface area contributed by atoms with Gasteiger partial charge in [-0.3, -0.25) is 9.47 Å². The van der Waals surface area contributed by atoms with E-state index in [0.29, 0.717) is 18.0 Å². The fraction of sp³-hybridized carbons (Fsp3) is 0.333. The Morgan fingerprint density at radius 1 is 1.10 bits per heavy atom. The zero-order chi connectivity index (χ0) is 20.9. The predicted octanol–water partition coefficient (Wildman–Crippen LogP) is 2.85. The molecule has 0 N–H and O–H groups in total. The molecule has 9 heteroatoms. The molecule has 0 unspecified atom stereocenters. The lowest BCUT2D eigenvalue weighted by Gasteiger charge is -2.34. The molecule has 0 atom stereocenters. The fourth-order valence-electron chi connectivity index (χ4n) is 3.59. The van der Waals surface area contributed by atoms with Crippen LogP contribution in [0.4, 0.5) is 5.95 Å². The van der Waals surface area contributed by atoms with Crippen LogP contribution in [0.2, 0.25) is 0 Å². The molecule has 30 heavy (non-hydrogen) atoms. The van der Waals surface area contributed by atoms with Crippen molar-refractivity contribution in [2.45, 2.75) is 13.2 Å². The van der Waals surface area contributed by atoms with E-state index in [1.165, 1.54) is 0 Å². The van der Waals surface area contributed by atoms with Crippen molar-refractivity contribution in [2.75, 3.05) is 38.2 Å². The lowest BCUT2D eigenvalue weighted by Crippen LogP contribution is -2.47. The summed E-state index contributed by atoms with van der Waals surface area (Å²) >= 11 is 5.74. The van der Waals surface area contributed by atoms with Crippen molar-refractivity contribution in [1.82, 2.24) is 29.2 Å². The maximum atomic E-state index is 5.74. The van der Waals surface area contributed by atoms with Gasteiger partial charge >= 0.3 is 0 Å². The van der Waals surface area contributed by atoms with E-state index in [1.54, 1.807) is 19.5 Å². The third-order valence-corrected chi connectivity index (χ3v) is 5.55. The third kappa shape index (κ3) is 4.12. The number of benzene rings is 1. The molecule has 1 aliphatic rings. The molecular weight excluding hydrogens is 398 g/mol. The van der Waals surface area contributed by atoms with Crippen LogP contribution in [0.15, 0.2) is 55.4 Å². The molecule has 0 bridgehead atoms. The molecule has 0 amide bonds. The summed E-state index contributed by atoms with van der Waals surface area (Å²) in [6.07, 6.45) is 5.39. The zero-order valence-electron chi connectivity index (χ0n) is 17.0. The minimum Gasteiger partial charge on any atom is -0.496 e. The number of methoxy groups -OCH3 is 1. The van der Waals surface area contributed by atoms with E-state index in [4.69, 9.17) is 22.1 Å². The van der Waals surface area contributed by atoms with Gasteiger partial charge in [0, 0.05) is 45.1 Å². The highest BCUT2D eigenvalue weighted by atomic mass is 32.1. The number of hydrogen-bond acceptors (Lipinski definition) is 7. The number of para-hydroxylation sites is 1. The number of anilines is 1. The molecule has 0 aliphatic carbocycles. The number of rotatable bonds is 7. The van der Waals surface area contributed by atoms with Gasteiger partial charge in [-0.15, -0.1) is 6.58 Å². The summed E-state index contributed by atoms with van der Waals surface area (Å²) in [4.78, 5) is 13.2. The zero-order valence-corrected chi connectivity index (χ0v) is 17.8. The molecular formula is C21H25N7OS. The highest BCUT2D eigenvalue weighted by Crippen LogP contribution is 2.28. The minimum absolute atomic E-state index is 0.589. The highest BCUT2D eigenvalue weighted by Gasteiger charge is 2.21. The van der Waals surface area contributed by atoms with E-state index in [0.717, 1.165) is 49.3 Å². The SMILES string of the molecule is C=CCn1c(-c2ccccc2OC)nn(CN2CCN(c3ncccn3)CC2)c1=S. The quantitative estimate of drug-likeness (QED) is 0.428. The second kappa shape index (κ2) is 9.19. The molecule has 4 rings (SSSR count). The first-order chi connectivity index (χ1) is 14.7. The van der Waals surface area contributed by atoms with E-state index < -0.39 is 0 Å². The third-order valence-electron chi connectivity index (χ3n) is 5.12. The van der Waals surface area contributed by atoms with Crippen molar-refractivity contribution >= 4 is 18.2 Å². The average molecular weight is 424 g/mol. The Bertz CT molecular complexity index is 1050. The summed E-state index contributed by atoms with van der Waals surface area (Å²) in [6.45, 7) is 8.60. The number of ether oxygens (including phenoxy) is 1. The van der Waals surface area contributed by atoms with Gasteiger partial charge in [-0.2, -0.15) is 5.10 Å². The monoisotopic (exact) mass is 423 g/mol. The van der Waals surface area contributed by atoms with Crippen LogP contribution in [0.1, 0.15) is 0 Å². The van der Waals surface area contributed by atoms with E-state index in [1.807, 2.05) is 45.7 Å². The summed E-state index contributed by atoms with van der Waals surface area (Å²) in [5.74, 6) is 2.34. The maximum absolute atomic E-state index is 5.74. The molecule has 0 radical (unpaired) electrons. The number of piperazine rings is 1. The first-order valence-electron chi connectivity index (χ1n) is 9.87. The first kappa shape index (κ1) is 20.2. The topological polar surface area (TPSA) is 64.2 Å². The number of hydrogen-bond donors (Lipinski definition) is 0. The van der Waals surface area contributed by atoms with Crippen molar-refractivity contribution in [3.63, 3.8) is 0 Å². The second-order valence-electron chi connectivity index (χ2n) is 7.00. The van der Waals surface area contributed by atoms with Gasteiger partial charge in [0.15, 0.2) is 10.6 Å². The van der Waals surface area contributed by atoms with E-state index >= 15 is 0 Å². The van der Waals surface area contributed by atoms with Crippen molar-refractivity contribution in [3.8, 4) is 17.1 Å². The highest BCUT2D eigenvalue weighted by molar-refractivity contribution is 7.71. The van der Waals surface area contributed by atoms with Crippen molar-refractivity contribution < 1.29 is 4.74 Å². The Balaban J connectivity index is 1.54. The largest absolute Gasteiger partial charge is 0.496 e. The molecule has 0 saturated carbocycles. The molecule has 1 saturated heterocycles. The summed E-state index contributed by atoms with van der Waals surface area (Å²) in [6, 6.07) is 9.68. The van der Waals surface area contributed by atoms with Crippen molar-refractivity contribution in [2.24, 2.45) is 0 Å². The maximum Gasteiger partial charge on any atom is 0.225 e. The van der Waals surface area contributed by atoms with Gasteiger partial charge in [0.2, 0.25) is 5.95 Å². The molecule has 1 aromatic carbocycles. The van der Waals surface area contributed by atoms with Crippen LogP contribution in [0.5, 0.6) is 5.75 Å². The smallest absolute Gasteiger partial charge is 0.225 e. The van der Waals surface area contributed by atoms with E-state index in [2.05, 4.69) is 26.3 Å². The molecule has 0 spiro atoms. The van der Waals surface area contributed by atoms with Crippen LogP contribution in [-0.2, 0) is 13.2 Å². The Labute approximate surface area is 181 Å². The summed E-state index contributed by atoms with van der Waals surface area (Å²) in [5, 5.41) is 4.85. The van der Waals surface area contributed by atoms with Crippen LogP contribution in [0, 0.1) is 4.77 Å². The van der Waals surface area contributed by atoms with Gasteiger partial charge in [0.25, 0.3) is 0 Å². The Kier molecular flexibility index (Phi) is 6.20. The fourth-order valence-corrected chi connectivity index (χ4v) is 3.85. The summed E-state index contributed by atoms with van der Waals surface area (Å²) in [5.41, 5.74) is 0.915. The van der Waals surface area contributed by atoms with E-state index in [-0.39, 0.29) is 0 Å². The van der Waals surface area contributed by atoms with Crippen LogP contribution in [0.25, 0.3) is 11.4 Å². The van der Waals surface area contributed by atoms with Crippen molar-refractivity contribution in [3.05, 3.63) is 60.2 Å². The molecule has 3 heterocycles. The van der Waals surface area contributed by atoms with Crippen molar-refractivity contribution in [1.29, 1.82) is 0 Å². The first-order valence-corrected chi connectivity index (χ1v) is 10.3. The number of nitrogens with zero attached hydrogens (tertiary/aromatic N) is 7. The van der Waals surface area contributed by atoms with Gasteiger partial charge < -0.3 is 9.64 Å². The normalized spacial score (nSPS) is 14.6. The Hall–Kier alpha value is -3.04. The van der Waals surface area contributed by atoms with Gasteiger partial charge in [-0.25, -0.2) is 14.6 Å². The van der Waals surface area contributed by atoms with E-state index in [9.17, 15) is 0 Å². The van der Waals surface area contributed by atoms with Crippen LogP contribution in [-0.4, -0.2) is 62.5 Å². The average Bonchev–Trinajstić information content (AvgIpc) is 3.10. The lowest BCUT2D eigenvalue weighted by atomic mass is 10.2. The van der Waals surface area contributed by atoms with Gasteiger partial charge in [-0.05, 0) is 30.4 Å². The summed E-state index contributed by atoms with van der Waals surface area (Å²) in [7, 11) is 1.66. The lowest BCUT2D eigenvalue weighted by molar-refractivity contribution is 0.193. The Morgan fingerprint density at radius 3 is 2.53 bits per heavy atom. The van der Waals surface area contributed by atoms with Crippen LogP contribution >= 0.6 is 12.2 Å². The molecule has 2 aromatic heterocycles. The standard InChI is InChI=1S/C21H25N7OS/c1-3-11-27-19(17-7-4-5-8-18(17)29-2)24-28(21(27)30)16-25-12-14-26(15-13-25)20-22-9-6-10-23-20/h3-10H,1,11-16H2,2H3. The number of allylic oxidation sites excluding steroid dienone is 1. The summed E-state index contributed by atoms with van der Waals surface area (Å²) < 4.78 is 10.1. The molecule has 1 fully saturated rings. The molecule has 8 nitrogen and oxygen atoms in total. The number of aromatic nitrogens is 5. The van der Waals surface area contributed by atoms with Gasteiger partial charge in [0.1, 0.15) is 5.75 Å². The minimum atomic E-state index is 0.589. The Morgan fingerprint density at radius 2 is 1.83 bits per heavy atom. The molecule has 1 aliphatic heterocycles. The van der Waals surface area contributed by atoms with Gasteiger partial charge in [0.05, 0.1) is 19.3 Å². The van der Waals surface area contributed by atoms with Crippen LogP contribution in [0.3, 0.4) is 0 Å². The predicted molar refractivity (Wildman–Crippen MR) is 119 cm³/mol. The van der Waals surface area contributed by atoms with Gasteiger partial charge in [-0.1, -0.05) is 18.2 Å². The second-order valence-corrected chi connectivity index (χ2v) is 7.37.